The number of aryl methyl sites for hydroxylation is 3. The molecule has 46 heavy (non-hydrogen) atoms. The summed E-state index contributed by atoms with van der Waals surface area (Å²) in [6.07, 6.45) is 7.66. The summed E-state index contributed by atoms with van der Waals surface area (Å²) in [6.45, 7) is 8.63. The molecule has 230 valence electrons. The summed E-state index contributed by atoms with van der Waals surface area (Å²) in [7, 11) is 0. The van der Waals surface area contributed by atoms with Gasteiger partial charge in [0.25, 0.3) is 0 Å². The van der Waals surface area contributed by atoms with Crippen molar-refractivity contribution in [1.29, 1.82) is 0 Å². The number of fused-ring (bicyclic) bond motifs is 3. The molecule has 0 saturated carbocycles. The van der Waals surface area contributed by atoms with E-state index in [9.17, 15) is 0 Å². The van der Waals surface area contributed by atoms with Crippen LogP contribution in [0.25, 0.3) is 44.4 Å². The zero-order chi connectivity index (χ0) is 31.6. The van der Waals surface area contributed by atoms with E-state index in [2.05, 4.69) is 117 Å². The highest BCUT2D eigenvalue weighted by atomic mass is 16.5. The van der Waals surface area contributed by atoms with Gasteiger partial charge in [0.15, 0.2) is 0 Å². The van der Waals surface area contributed by atoms with E-state index in [4.69, 9.17) is 14.8 Å². The van der Waals surface area contributed by atoms with E-state index >= 15 is 0 Å². The Bertz CT molecular complexity index is 2160. The number of aromatic nitrogens is 4. The van der Waals surface area contributed by atoms with Gasteiger partial charge in [-0.1, -0.05) is 69.2 Å². The fourth-order valence-corrected chi connectivity index (χ4v) is 6.63. The molecular formula is C41H40N4O. The molecule has 7 rings (SSSR count). The van der Waals surface area contributed by atoms with Crippen LogP contribution in [0.1, 0.15) is 55.6 Å². The molecule has 5 heteroatoms. The van der Waals surface area contributed by atoms with E-state index in [1.165, 1.54) is 52.3 Å². The first-order valence-electron chi connectivity index (χ1n) is 16.5. The normalized spacial score (nSPS) is 11.5. The molecule has 0 radical (unpaired) electrons. The smallest absolute Gasteiger partial charge is 0.137 e. The van der Waals surface area contributed by atoms with Gasteiger partial charge in [-0.2, -0.15) is 5.10 Å². The van der Waals surface area contributed by atoms with Crippen molar-refractivity contribution in [2.24, 2.45) is 0 Å². The van der Waals surface area contributed by atoms with Crippen LogP contribution in [0, 0.1) is 13.8 Å². The molecule has 0 N–H and O–H groups in total. The second-order valence-corrected chi connectivity index (χ2v) is 12.1. The van der Waals surface area contributed by atoms with Gasteiger partial charge in [-0.15, -0.1) is 0 Å². The maximum absolute atomic E-state index is 6.56. The monoisotopic (exact) mass is 604 g/mol. The van der Waals surface area contributed by atoms with Crippen molar-refractivity contribution >= 4 is 21.8 Å². The van der Waals surface area contributed by atoms with E-state index in [1.807, 2.05) is 29.1 Å². The van der Waals surface area contributed by atoms with E-state index < -0.39 is 0 Å². The van der Waals surface area contributed by atoms with Crippen LogP contribution in [-0.4, -0.2) is 19.3 Å². The van der Waals surface area contributed by atoms with E-state index in [-0.39, 0.29) is 0 Å². The lowest BCUT2D eigenvalue weighted by Crippen LogP contribution is -2.00. The Morgan fingerprint density at radius 1 is 0.696 bits per heavy atom. The predicted molar refractivity (Wildman–Crippen MR) is 190 cm³/mol. The van der Waals surface area contributed by atoms with E-state index in [1.54, 1.807) is 0 Å². The average Bonchev–Trinajstić information content (AvgIpc) is 3.57. The SMILES string of the molecule is CCCCCc1ccc2c(c1)c1ccc(Oc3cccc(-n4nc(C)c(-c5ccccc5)c4C)c3)cc1n2-c1cc(CC)ccn1. The zero-order valence-electron chi connectivity index (χ0n) is 27.1. The second-order valence-electron chi connectivity index (χ2n) is 12.1. The van der Waals surface area contributed by atoms with Gasteiger partial charge < -0.3 is 4.74 Å². The molecule has 0 spiro atoms. The molecule has 3 heterocycles. The van der Waals surface area contributed by atoms with Crippen molar-refractivity contribution < 1.29 is 4.74 Å². The number of ether oxygens (including phenoxy) is 1. The van der Waals surface area contributed by atoms with Crippen LogP contribution in [0.2, 0.25) is 0 Å². The number of nitrogens with zero attached hydrogens (tertiary/aromatic N) is 4. The molecular weight excluding hydrogens is 564 g/mol. The van der Waals surface area contributed by atoms with Gasteiger partial charge in [-0.05, 0) is 98.3 Å². The van der Waals surface area contributed by atoms with Gasteiger partial charge in [0.2, 0.25) is 0 Å². The molecule has 0 aliphatic rings. The Morgan fingerprint density at radius 2 is 1.54 bits per heavy atom. The van der Waals surface area contributed by atoms with Gasteiger partial charge in [0, 0.05) is 40.4 Å². The molecule has 0 atom stereocenters. The van der Waals surface area contributed by atoms with Crippen molar-refractivity contribution in [3.05, 3.63) is 132 Å². The number of hydrogen-bond donors (Lipinski definition) is 0. The Labute approximate surface area is 271 Å². The third-order valence-corrected chi connectivity index (χ3v) is 8.97. The summed E-state index contributed by atoms with van der Waals surface area (Å²) in [5.74, 6) is 2.47. The standard InChI is InChI=1S/C41H40N4O/c1-5-7-9-13-31-18-21-38-37(24-31)36-20-19-35(27-39(36)44(38)40-25-30(6-2)22-23-42-40)46-34-17-12-16-33(26-34)45-29(4)41(28(3)43-45)32-14-10-8-11-15-32/h8,10-12,14-27H,5-7,9,13H2,1-4H3. The fraction of sp³-hybridized carbons (Fsp3) is 0.220. The van der Waals surface area contributed by atoms with Gasteiger partial charge in [-0.3, -0.25) is 4.57 Å². The molecule has 0 bridgehead atoms. The van der Waals surface area contributed by atoms with Crippen LogP contribution in [0.3, 0.4) is 0 Å². The Hall–Kier alpha value is -5.16. The third kappa shape index (κ3) is 5.58. The molecule has 0 aliphatic carbocycles. The van der Waals surface area contributed by atoms with Crippen molar-refractivity contribution in [3.8, 4) is 34.1 Å². The number of rotatable bonds is 10. The first-order valence-corrected chi connectivity index (χ1v) is 16.5. The van der Waals surface area contributed by atoms with Crippen LogP contribution >= 0.6 is 0 Å². The largest absolute Gasteiger partial charge is 0.457 e. The molecule has 0 amide bonds. The zero-order valence-corrected chi connectivity index (χ0v) is 27.1. The Kier molecular flexibility index (Phi) is 8.15. The molecule has 0 aliphatic heterocycles. The topological polar surface area (TPSA) is 44.9 Å². The summed E-state index contributed by atoms with van der Waals surface area (Å²) < 4.78 is 10.8. The number of benzene rings is 4. The minimum absolute atomic E-state index is 0.762. The maximum Gasteiger partial charge on any atom is 0.137 e. The number of pyridine rings is 1. The highest BCUT2D eigenvalue weighted by Crippen LogP contribution is 2.36. The summed E-state index contributed by atoms with van der Waals surface area (Å²) >= 11 is 0. The second kappa shape index (κ2) is 12.7. The Morgan fingerprint density at radius 3 is 2.37 bits per heavy atom. The maximum atomic E-state index is 6.56. The lowest BCUT2D eigenvalue weighted by atomic mass is 10.0. The molecule has 5 nitrogen and oxygen atoms in total. The molecule has 4 aromatic carbocycles. The van der Waals surface area contributed by atoms with Crippen molar-refractivity contribution in [2.75, 3.05) is 0 Å². The van der Waals surface area contributed by atoms with Gasteiger partial charge in [0.1, 0.15) is 17.3 Å². The predicted octanol–water partition coefficient (Wildman–Crippen LogP) is 10.7. The van der Waals surface area contributed by atoms with Crippen LogP contribution in [0.4, 0.5) is 0 Å². The van der Waals surface area contributed by atoms with Crippen LogP contribution < -0.4 is 4.74 Å². The van der Waals surface area contributed by atoms with Crippen LogP contribution in [0.15, 0.2) is 109 Å². The minimum Gasteiger partial charge on any atom is -0.457 e. The van der Waals surface area contributed by atoms with Gasteiger partial charge >= 0.3 is 0 Å². The van der Waals surface area contributed by atoms with Gasteiger partial charge in [-0.25, -0.2) is 9.67 Å². The Balaban J connectivity index is 1.28. The van der Waals surface area contributed by atoms with E-state index in [0.29, 0.717) is 0 Å². The average molecular weight is 605 g/mol. The molecule has 0 saturated heterocycles. The fourth-order valence-electron chi connectivity index (χ4n) is 6.63. The summed E-state index contributed by atoms with van der Waals surface area (Å²) in [6, 6.07) is 36.2. The number of unbranched alkanes of at least 4 members (excludes halogenated alkanes) is 2. The third-order valence-electron chi connectivity index (χ3n) is 8.97. The summed E-state index contributed by atoms with van der Waals surface area (Å²) in [4.78, 5) is 4.82. The van der Waals surface area contributed by atoms with Gasteiger partial charge in [0.05, 0.1) is 22.4 Å². The minimum atomic E-state index is 0.762. The highest BCUT2D eigenvalue weighted by Gasteiger charge is 2.17. The lowest BCUT2D eigenvalue weighted by Gasteiger charge is -2.11. The van der Waals surface area contributed by atoms with Crippen molar-refractivity contribution in [1.82, 2.24) is 19.3 Å². The molecule has 3 aromatic heterocycles. The first kappa shape index (κ1) is 29.5. The van der Waals surface area contributed by atoms with Crippen LogP contribution in [-0.2, 0) is 12.8 Å². The highest BCUT2D eigenvalue weighted by molar-refractivity contribution is 6.09. The summed E-state index contributed by atoms with van der Waals surface area (Å²) in [5.41, 5.74) is 10.3. The molecule has 0 fully saturated rings. The van der Waals surface area contributed by atoms with Crippen molar-refractivity contribution in [3.63, 3.8) is 0 Å². The molecule has 0 unspecified atom stereocenters. The molecule has 7 aromatic rings. The summed E-state index contributed by atoms with van der Waals surface area (Å²) in [5, 5.41) is 7.36. The van der Waals surface area contributed by atoms with E-state index in [0.717, 1.165) is 58.3 Å². The lowest BCUT2D eigenvalue weighted by molar-refractivity contribution is 0.482. The van der Waals surface area contributed by atoms with Crippen LogP contribution in [0.5, 0.6) is 11.5 Å². The first-order chi connectivity index (χ1) is 22.5. The quantitative estimate of drug-likeness (QED) is 0.146. The van der Waals surface area contributed by atoms with Crippen molar-refractivity contribution in [2.45, 2.75) is 59.8 Å². The number of hydrogen-bond acceptors (Lipinski definition) is 3.